The highest BCUT2D eigenvalue weighted by Crippen LogP contribution is 2.16. The first-order chi connectivity index (χ1) is 7.88. The Hall–Kier alpha value is -1.83. The third-order valence-electron chi connectivity index (χ3n) is 1.58. The van der Waals surface area contributed by atoms with Crippen molar-refractivity contribution >= 4 is 5.97 Å². The molecule has 1 N–H and O–H groups in total. The number of carboxylic acids is 1. The van der Waals surface area contributed by atoms with Crippen molar-refractivity contribution in [2.24, 2.45) is 0 Å². The molecule has 0 aliphatic rings. The average molecular weight is 251 g/mol. The molecule has 0 aromatic carbocycles. The molecular weight excluding hydrogens is 243 g/mol. The third kappa shape index (κ3) is 5.16. The zero-order valence-corrected chi connectivity index (χ0v) is 8.40. The molecule has 0 aliphatic heterocycles. The van der Waals surface area contributed by atoms with E-state index in [2.05, 4.69) is 9.72 Å². The molecule has 1 aromatic rings. The van der Waals surface area contributed by atoms with Crippen LogP contribution in [0.25, 0.3) is 0 Å². The number of carbonyl (C=O) groups is 1. The Bertz CT molecular complexity index is 394. The van der Waals surface area contributed by atoms with Gasteiger partial charge in [0.25, 0.3) is 0 Å². The molecule has 0 amide bonds. The number of hydrogen-bond acceptors (Lipinski definition) is 4. The SMILES string of the molecule is O=C(O)c1cncc(OCCOC(F)(F)F)c1. The number of nitrogens with zero attached hydrogens (tertiary/aromatic N) is 1. The van der Waals surface area contributed by atoms with Crippen LogP contribution in [-0.4, -0.2) is 35.6 Å². The van der Waals surface area contributed by atoms with Gasteiger partial charge in [0.15, 0.2) is 0 Å². The third-order valence-corrected chi connectivity index (χ3v) is 1.58. The summed E-state index contributed by atoms with van der Waals surface area (Å²) in [7, 11) is 0. The number of halogens is 3. The normalized spacial score (nSPS) is 11.2. The summed E-state index contributed by atoms with van der Waals surface area (Å²) in [4.78, 5) is 14.1. The summed E-state index contributed by atoms with van der Waals surface area (Å²) in [5.74, 6) is -1.13. The zero-order chi connectivity index (χ0) is 12.9. The van der Waals surface area contributed by atoms with E-state index >= 15 is 0 Å². The molecule has 0 bridgehead atoms. The zero-order valence-electron chi connectivity index (χ0n) is 8.40. The number of alkyl halides is 3. The summed E-state index contributed by atoms with van der Waals surface area (Å²) in [6.45, 7) is -1.04. The van der Waals surface area contributed by atoms with Crippen molar-refractivity contribution in [3.8, 4) is 5.75 Å². The lowest BCUT2D eigenvalue weighted by molar-refractivity contribution is -0.325. The number of aromatic carboxylic acids is 1. The minimum atomic E-state index is -4.70. The lowest BCUT2D eigenvalue weighted by Crippen LogP contribution is -2.18. The van der Waals surface area contributed by atoms with Crippen LogP contribution in [0, 0.1) is 0 Å². The lowest BCUT2D eigenvalue weighted by Gasteiger charge is -2.08. The molecule has 0 unspecified atom stereocenters. The number of pyridine rings is 1. The topological polar surface area (TPSA) is 68.7 Å². The fourth-order valence-electron chi connectivity index (χ4n) is 0.932. The van der Waals surface area contributed by atoms with Crippen molar-refractivity contribution in [2.75, 3.05) is 13.2 Å². The molecular formula is C9H8F3NO4. The molecule has 5 nitrogen and oxygen atoms in total. The highest BCUT2D eigenvalue weighted by Gasteiger charge is 2.28. The van der Waals surface area contributed by atoms with E-state index < -0.39 is 18.9 Å². The van der Waals surface area contributed by atoms with Gasteiger partial charge >= 0.3 is 12.3 Å². The van der Waals surface area contributed by atoms with Gasteiger partial charge in [-0.1, -0.05) is 0 Å². The molecule has 1 rings (SSSR count). The molecule has 94 valence electrons. The van der Waals surface area contributed by atoms with E-state index in [4.69, 9.17) is 9.84 Å². The second-order valence-corrected chi connectivity index (χ2v) is 2.86. The smallest absolute Gasteiger partial charge is 0.490 e. The number of carboxylic acid groups (broad SMARTS) is 1. The fourth-order valence-corrected chi connectivity index (χ4v) is 0.932. The van der Waals surface area contributed by atoms with Crippen LogP contribution in [0.15, 0.2) is 18.5 Å². The van der Waals surface area contributed by atoms with Gasteiger partial charge in [0.05, 0.1) is 18.4 Å². The molecule has 1 aromatic heterocycles. The Morgan fingerprint density at radius 3 is 2.65 bits per heavy atom. The first-order valence-corrected chi connectivity index (χ1v) is 4.40. The molecule has 0 fully saturated rings. The van der Waals surface area contributed by atoms with Gasteiger partial charge in [0, 0.05) is 6.20 Å². The van der Waals surface area contributed by atoms with Gasteiger partial charge in [-0.05, 0) is 6.07 Å². The van der Waals surface area contributed by atoms with Gasteiger partial charge in [-0.2, -0.15) is 0 Å². The lowest BCUT2D eigenvalue weighted by atomic mass is 10.3. The van der Waals surface area contributed by atoms with Crippen LogP contribution >= 0.6 is 0 Å². The summed E-state index contributed by atoms with van der Waals surface area (Å²) in [5.41, 5.74) is -0.112. The van der Waals surface area contributed by atoms with Gasteiger partial charge in [-0.25, -0.2) is 4.79 Å². The van der Waals surface area contributed by atoms with Crippen molar-refractivity contribution in [2.45, 2.75) is 6.36 Å². The summed E-state index contributed by atoms with van der Waals surface area (Å²) in [6, 6.07) is 1.16. The Morgan fingerprint density at radius 1 is 1.35 bits per heavy atom. The number of rotatable bonds is 5. The summed E-state index contributed by atoms with van der Waals surface area (Å²) in [5, 5.41) is 8.62. The molecule has 0 spiro atoms. The molecule has 1 heterocycles. The van der Waals surface area contributed by atoms with E-state index in [1.54, 1.807) is 0 Å². The molecule has 0 radical (unpaired) electrons. The van der Waals surface area contributed by atoms with Crippen LogP contribution in [0.3, 0.4) is 0 Å². The van der Waals surface area contributed by atoms with Gasteiger partial charge in [0.2, 0.25) is 0 Å². The quantitative estimate of drug-likeness (QED) is 0.806. The minimum Gasteiger partial charge on any atom is -0.490 e. The maximum Gasteiger partial charge on any atom is 0.522 e. The number of aromatic nitrogens is 1. The maximum absolute atomic E-state index is 11.6. The molecule has 0 saturated heterocycles. The summed E-state index contributed by atoms with van der Waals surface area (Å²) >= 11 is 0. The monoisotopic (exact) mass is 251 g/mol. The summed E-state index contributed by atoms with van der Waals surface area (Å²) in [6.07, 6.45) is -2.41. The first-order valence-electron chi connectivity index (χ1n) is 4.40. The van der Waals surface area contributed by atoms with E-state index in [1.165, 1.54) is 6.20 Å². The summed E-state index contributed by atoms with van der Waals surface area (Å²) < 4.78 is 43.1. The Morgan fingerprint density at radius 2 is 2.06 bits per heavy atom. The Labute approximate surface area is 93.8 Å². The van der Waals surface area contributed by atoms with Gasteiger partial charge in [-0.3, -0.25) is 9.72 Å². The van der Waals surface area contributed by atoms with E-state index in [9.17, 15) is 18.0 Å². The highest BCUT2D eigenvalue weighted by molar-refractivity contribution is 5.87. The van der Waals surface area contributed by atoms with E-state index in [0.717, 1.165) is 12.3 Å². The van der Waals surface area contributed by atoms with Gasteiger partial charge in [-0.15, -0.1) is 13.2 Å². The van der Waals surface area contributed by atoms with Crippen LogP contribution in [-0.2, 0) is 4.74 Å². The molecule has 8 heteroatoms. The van der Waals surface area contributed by atoms with Crippen LogP contribution in [0.1, 0.15) is 10.4 Å². The maximum atomic E-state index is 11.6. The number of hydrogen-bond donors (Lipinski definition) is 1. The number of ether oxygens (including phenoxy) is 2. The average Bonchev–Trinajstić information content (AvgIpc) is 2.23. The first kappa shape index (κ1) is 13.2. The van der Waals surface area contributed by atoms with Crippen molar-refractivity contribution < 1.29 is 32.5 Å². The van der Waals surface area contributed by atoms with Crippen LogP contribution in [0.4, 0.5) is 13.2 Å². The van der Waals surface area contributed by atoms with Gasteiger partial charge in [0.1, 0.15) is 12.4 Å². The van der Waals surface area contributed by atoms with Crippen molar-refractivity contribution in [3.63, 3.8) is 0 Å². The van der Waals surface area contributed by atoms with Crippen molar-refractivity contribution in [1.82, 2.24) is 4.98 Å². The van der Waals surface area contributed by atoms with Crippen molar-refractivity contribution in [1.29, 1.82) is 0 Å². The van der Waals surface area contributed by atoms with Crippen LogP contribution in [0.5, 0.6) is 5.75 Å². The standard InChI is InChI=1S/C9H8F3NO4/c10-9(11,12)17-2-1-16-7-3-6(8(14)15)4-13-5-7/h3-5H,1-2H2,(H,14,15). The molecule has 0 atom stereocenters. The second-order valence-electron chi connectivity index (χ2n) is 2.86. The molecule has 0 aliphatic carbocycles. The van der Waals surface area contributed by atoms with Crippen LogP contribution in [0.2, 0.25) is 0 Å². The molecule has 17 heavy (non-hydrogen) atoms. The second kappa shape index (κ2) is 5.48. The largest absolute Gasteiger partial charge is 0.522 e. The van der Waals surface area contributed by atoms with Gasteiger partial charge < -0.3 is 9.84 Å². The predicted molar refractivity (Wildman–Crippen MR) is 48.7 cm³/mol. The van der Waals surface area contributed by atoms with E-state index in [-0.39, 0.29) is 17.9 Å². The predicted octanol–water partition coefficient (Wildman–Crippen LogP) is 1.70. The van der Waals surface area contributed by atoms with Crippen LogP contribution < -0.4 is 4.74 Å². The Balaban J connectivity index is 2.42. The molecule has 0 saturated carbocycles. The fraction of sp³-hybridized carbons (Fsp3) is 0.333. The highest BCUT2D eigenvalue weighted by atomic mass is 19.4. The van der Waals surface area contributed by atoms with E-state index in [1.807, 2.05) is 0 Å². The van der Waals surface area contributed by atoms with Crippen molar-refractivity contribution in [3.05, 3.63) is 24.0 Å². The van der Waals surface area contributed by atoms with E-state index in [0.29, 0.717) is 0 Å². The Kier molecular flexibility index (Phi) is 4.27. The minimum absolute atomic E-state index is 0.0654.